The lowest BCUT2D eigenvalue weighted by atomic mass is 9.75. The van der Waals surface area contributed by atoms with E-state index in [1.54, 1.807) is 0 Å². The normalized spacial score (nSPS) is 24.0. The molecule has 2 aromatic rings. The molecule has 5 heteroatoms. The van der Waals surface area contributed by atoms with E-state index in [2.05, 4.69) is 49.1 Å². The molecule has 2 unspecified atom stereocenters. The number of benzene rings is 2. The van der Waals surface area contributed by atoms with Gasteiger partial charge in [0.15, 0.2) is 11.5 Å². The van der Waals surface area contributed by atoms with E-state index in [-0.39, 0.29) is 6.61 Å². The predicted molar refractivity (Wildman–Crippen MR) is 153 cm³/mol. The van der Waals surface area contributed by atoms with Crippen molar-refractivity contribution in [2.24, 2.45) is 11.8 Å². The van der Waals surface area contributed by atoms with Crippen LogP contribution in [0.15, 0.2) is 84.9 Å². The van der Waals surface area contributed by atoms with Gasteiger partial charge in [-0.1, -0.05) is 75.0 Å². The molecule has 2 aromatic carbocycles. The van der Waals surface area contributed by atoms with E-state index >= 15 is 0 Å². The van der Waals surface area contributed by atoms with Gasteiger partial charge in [-0.05, 0) is 85.0 Å². The summed E-state index contributed by atoms with van der Waals surface area (Å²) in [6.45, 7) is 10.1. The van der Waals surface area contributed by atoms with Gasteiger partial charge in [-0.2, -0.15) is 8.78 Å². The Kier molecular flexibility index (Phi) is 10.4. The summed E-state index contributed by atoms with van der Waals surface area (Å²) >= 11 is 0. The maximum atomic E-state index is 14.1. The average Bonchev–Trinajstić information content (AvgIpc) is 2.99. The molecule has 1 saturated carbocycles. The second-order valence-corrected chi connectivity index (χ2v) is 11.0. The quantitative estimate of drug-likeness (QED) is 0.211. The molecule has 210 valence electrons. The molecule has 3 nitrogen and oxygen atoms in total. The van der Waals surface area contributed by atoms with E-state index in [0.717, 1.165) is 35.1 Å². The Bertz CT molecular complexity index is 1120. The molecule has 2 aliphatic rings. The maximum absolute atomic E-state index is 14.1. The van der Waals surface area contributed by atoms with Crippen molar-refractivity contribution in [1.82, 2.24) is 0 Å². The Hall–Kier alpha value is -2.92. The number of methoxy groups -OCH3 is 1. The maximum Gasteiger partial charge on any atom is 0.203 e. The van der Waals surface area contributed by atoms with Gasteiger partial charge in [0, 0.05) is 6.61 Å². The lowest BCUT2D eigenvalue weighted by molar-refractivity contribution is -0.0575. The molecule has 2 atom stereocenters. The van der Waals surface area contributed by atoms with Crippen LogP contribution in [-0.4, -0.2) is 19.8 Å². The summed E-state index contributed by atoms with van der Waals surface area (Å²) in [6.07, 6.45) is 10.6. The average molecular weight is 537 g/mol. The molecule has 4 rings (SSSR count). The van der Waals surface area contributed by atoms with Gasteiger partial charge in [0.2, 0.25) is 11.7 Å². The largest absolute Gasteiger partial charge is 0.494 e. The monoisotopic (exact) mass is 536 g/mol. The van der Waals surface area contributed by atoms with E-state index in [9.17, 15) is 8.78 Å². The Morgan fingerprint density at radius 3 is 2.03 bits per heavy atom. The zero-order valence-electron chi connectivity index (χ0n) is 23.4. The number of hydrogen-bond donors (Lipinski definition) is 0. The number of ether oxygens (including phenoxy) is 3. The topological polar surface area (TPSA) is 27.7 Å². The molecule has 0 N–H and O–H groups in total. The molecule has 0 amide bonds. The fourth-order valence-corrected chi connectivity index (χ4v) is 5.97. The molecule has 1 aliphatic carbocycles. The van der Waals surface area contributed by atoms with Gasteiger partial charge < -0.3 is 14.2 Å². The highest BCUT2D eigenvalue weighted by Crippen LogP contribution is 2.40. The predicted octanol–water partition coefficient (Wildman–Crippen LogP) is 9.56. The van der Waals surface area contributed by atoms with Crippen molar-refractivity contribution >= 4 is 0 Å². The molecule has 39 heavy (non-hydrogen) atoms. The third-order valence-electron chi connectivity index (χ3n) is 8.41. The number of halogens is 2. The second kappa shape index (κ2) is 13.9. The molecule has 1 heterocycles. The van der Waals surface area contributed by atoms with Gasteiger partial charge >= 0.3 is 0 Å². The molecular weight excluding hydrogens is 494 g/mol. The van der Waals surface area contributed by atoms with E-state index < -0.39 is 23.2 Å². The SMILES string of the molecule is C=C(OC)/C(F)=C(/F)C(=C)OCc1ccc(-c2ccc(C3CCC(C4CCC(CCC)CO4)CC3)cc2)cc1. The van der Waals surface area contributed by atoms with Crippen LogP contribution < -0.4 is 0 Å². The van der Waals surface area contributed by atoms with E-state index in [4.69, 9.17) is 9.47 Å². The van der Waals surface area contributed by atoms with Gasteiger partial charge in [-0.3, -0.25) is 0 Å². The van der Waals surface area contributed by atoms with Gasteiger partial charge in [-0.25, -0.2) is 0 Å². The summed E-state index contributed by atoms with van der Waals surface area (Å²) in [5.74, 6) is -1.11. The van der Waals surface area contributed by atoms with E-state index in [0.29, 0.717) is 12.0 Å². The smallest absolute Gasteiger partial charge is 0.203 e. The summed E-state index contributed by atoms with van der Waals surface area (Å²) in [5.41, 5.74) is 4.49. The summed E-state index contributed by atoms with van der Waals surface area (Å²) in [6, 6.07) is 16.8. The molecule has 0 radical (unpaired) electrons. The first-order chi connectivity index (χ1) is 18.9. The van der Waals surface area contributed by atoms with Crippen LogP contribution in [-0.2, 0) is 20.8 Å². The van der Waals surface area contributed by atoms with Crippen molar-refractivity contribution in [3.63, 3.8) is 0 Å². The van der Waals surface area contributed by atoms with E-state index in [1.807, 2.05) is 24.3 Å². The first-order valence-electron chi connectivity index (χ1n) is 14.3. The Morgan fingerprint density at radius 1 is 0.846 bits per heavy atom. The lowest BCUT2D eigenvalue weighted by Gasteiger charge is -2.38. The molecule has 0 aromatic heterocycles. The highest BCUT2D eigenvalue weighted by molar-refractivity contribution is 5.64. The number of allylic oxidation sites excluding steroid dienone is 2. The standard InChI is InChI=1S/C34H42F2O3/c1-5-6-25-9-20-32(39-22-25)31-18-16-30(17-19-31)29-14-12-28(13-15-29)27-10-7-26(8-11-27)21-38-24(3)34(36)33(35)23(2)37-4/h7-8,10-15,25,30-32H,2-3,5-6,9,16-22H2,1,4H3/b34-33-. The van der Waals surface area contributed by atoms with Gasteiger partial charge in [0.05, 0.1) is 13.2 Å². The number of rotatable bonds is 11. The molecule has 0 bridgehead atoms. The second-order valence-electron chi connectivity index (χ2n) is 11.0. The fraction of sp³-hybridized carbons (Fsp3) is 0.471. The van der Waals surface area contributed by atoms with Gasteiger partial charge in [0.1, 0.15) is 6.61 Å². The molecule has 2 fully saturated rings. The van der Waals surface area contributed by atoms with Crippen LogP contribution in [0.4, 0.5) is 8.78 Å². The van der Waals surface area contributed by atoms with Crippen molar-refractivity contribution in [1.29, 1.82) is 0 Å². The van der Waals surface area contributed by atoms with Crippen LogP contribution in [0.3, 0.4) is 0 Å². The van der Waals surface area contributed by atoms with Gasteiger partial charge in [-0.15, -0.1) is 0 Å². The Labute approximate surface area is 232 Å². The van der Waals surface area contributed by atoms with Crippen molar-refractivity contribution in [3.05, 3.63) is 96.0 Å². The van der Waals surface area contributed by atoms with Crippen LogP contribution in [0.5, 0.6) is 0 Å². The van der Waals surface area contributed by atoms with Crippen LogP contribution in [0, 0.1) is 11.8 Å². The summed E-state index contributed by atoms with van der Waals surface area (Å²) in [4.78, 5) is 0. The molecule has 1 aliphatic heterocycles. The third-order valence-corrected chi connectivity index (χ3v) is 8.41. The lowest BCUT2D eigenvalue weighted by Crippen LogP contribution is -2.33. The first kappa shape index (κ1) is 29.1. The van der Waals surface area contributed by atoms with Crippen molar-refractivity contribution in [2.75, 3.05) is 13.7 Å². The van der Waals surface area contributed by atoms with Crippen LogP contribution >= 0.6 is 0 Å². The summed E-state index contributed by atoms with van der Waals surface area (Å²) in [7, 11) is 1.22. The molecule has 0 spiro atoms. The summed E-state index contributed by atoms with van der Waals surface area (Å²) < 4.78 is 44.1. The van der Waals surface area contributed by atoms with Crippen LogP contribution in [0.2, 0.25) is 0 Å². The first-order valence-corrected chi connectivity index (χ1v) is 14.3. The summed E-state index contributed by atoms with van der Waals surface area (Å²) in [5, 5.41) is 0. The van der Waals surface area contributed by atoms with Crippen LogP contribution in [0.1, 0.15) is 75.3 Å². The molecular formula is C34H42F2O3. The minimum absolute atomic E-state index is 0.0755. The van der Waals surface area contributed by atoms with Crippen molar-refractivity contribution in [3.8, 4) is 11.1 Å². The highest BCUT2D eigenvalue weighted by Gasteiger charge is 2.31. The molecule has 1 saturated heterocycles. The Balaban J connectivity index is 1.26. The van der Waals surface area contributed by atoms with Crippen LogP contribution in [0.25, 0.3) is 11.1 Å². The van der Waals surface area contributed by atoms with Crippen molar-refractivity contribution in [2.45, 2.75) is 76.9 Å². The zero-order valence-corrected chi connectivity index (χ0v) is 23.4. The van der Waals surface area contributed by atoms with E-state index in [1.165, 1.54) is 64.0 Å². The third kappa shape index (κ3) is 7.60. The van der Waals surface area contributed by atoms with Crippen molar-refractivity contribution < 1.29 is 23.0 Å². The minimum atomic E-state index is -1.21. The number of hydrogen-bond acceptors (Lipinski definition) is 3. The fourth-order valence-electron chi connectivity index (χ4n) is 5.97. The van der Waals surface area contributed by atoms with Gasteiger partial charge in [0.25, 0.3) is 0 Å². The Morgan fingerprint density at radius 2 is 1.46 bits per heavy atom. The minimum Gasteiger partial charge on any atom is -0.494 e. The highest BCUT2D eigenvalue weighted by atomic mass is 19.2. The zero-order chi connectivity index (χ0) is 27.8.